The van der Waals surface area contributed by atoms with Crippen LogP contribution in [0.4, 0.5) is 11.4 Å². The molecule has 31 heavy (non-hydrogen) atoms. The minimum atomic E-state index is -0.0588. The van der Waals surface area contributed by atoms with Gasteiger partial charge in [0, 0.05) is 42.2 Å². The number of nitrogens with zero attached hydrogens (tertiary/aromatic N) is 2. The van der Waals surface area contributed by atoms with Gasteiger partial charge in [0.05, 0.1) is 25.2 Å². The van der Waals surface area contributed by atoms with E-state index in [2.05, 4.69) is 16.3 Å². The zero-order chi connectivity index (χ0) is 21.8. The van der Waals surface area contributed by atoms with Crippen molar-refractivity contribution in [1.29, 1.82) is 0 Å². The van der Waals surface area contributed by atoms with Gasteiger partial charge in [-0.3, -0.25) is 9.78 Å². The highest BCUT2D eigenvalue weighted by molar-refractivity contribution is 5.98. The number of ether oxygens (including phenoxy) is 2. The van der Waals surface area contributed by atoms with Crippen molar-refractivity contribution >= 4 is 28.2 Å². The Balaban J connectivity index is 1.50. The first-order chi connectivity index (χ1) is 15.1. The fourth-order valence-corrected chi connectivity index (χ4v) is 4.13. The Morgan fingerprint density at radius 3 is 2.74 bits per heavy atom. The van der Waals surface area contributed by atoms with Gasteiger partial charge in [0.2, 0.25) is 5.91 Å². The molecule has 0 saturated carbocycles. The van der Waals surface area contributed by atoms with Gasteiger partial charge < -0.3 is 19.7 Å². The van der Waals surface area contributed by atoms with Crippen LogP contribution in [0.2, 0.25) is 0 Å². The minimum Gasteiger partial charge on any atom is -0.497 e. The Kier molecular flexibility index (Phi) is 6.37. The number of pyridine rings is 1. The quantitative estimate of drug-likeness (QED) is 0.617. The lowest BCUT2D eigenvalue weighted by atomic mass is 10.1. The second kappa shape index (κ2) is 9.35. The van der Waals surface area contributed by atoms with Crippen LogP contribution >= 0.6 is 0 Å². The van der Waals surface area contributed by atoms with Crippen molar-refractivity contribution in [2.24, 2.45) is 0 Å². The standard InChI is InChI=1S/C25H29N3O3/c1-4-31-21-11-12-28(16-21)24-13-17(2)26-23-15-19(7-10-22(23)24)27-25(29)14-18-5-8-20(30-3)9-6-18/h5-10,13,15,21H,4,11-12,14,16H2,1-3H3,(H,27,29). The molecule has 1 unspecified atom stereocenters. The number of carbonyl (C=O) groups is 1. The molecule has 0 aliphatic carbocycles. The van der Waals surface area contributed by atoms with Crippen molar-refractivity contribution in [2.75, 3.05) is 37.0 Å². The summed E-state index contributed by atoms with van der Waals surface area (Å²) in [6.45, 7) is 6.66. The predicted octanol–water partition coefficient (Wildman–Crippen LogP) is 4.35. The zero-order valence-corrected chi connectivity index (χ0v) is 18.4. The van der Waals surface area contributed by atoms with Gasteiger partial charge in [-0.1, -0.05) is 12.1 Å². The van der Waals surface area contributed by atoms with Crippen LogP contribution < -0.4 is 15.0 Å². The van der Waals surface area contributed by atoms with Gasteiger partial charge >= 0.3 is 0 Å². The Labute approximate surface area is 183 Å². The Morgan fingerprint density at radius 2 is 2.00 bits per heavy atom. The van der Waals surface area contributed by atoms with Crippen molar-refractivity contribution in [3.63, 3.8) is 0 Å². The first-order valence-corrected chi connectivity index (χ1v) is 10.8. The van der Waals surface area contributed by atoms with E-state index in [-0.39, 0.29) is 12.0 Å². The lowest BCUT2D eigenvalue weighted by Crippen LogP contribution is -2.23. The Hall–Kier alpha value is -3.12. The second-order valence-electron chi connectivity index (χ2n) is 7.90. The van der Waals surface area contributed by atoms with Crippen LogP contribution in [0.15, 0.2) is 48.5 Å². The number of aryl methyl sites for hydroxylation is 1. The molecule has 6 nitrogen and oxygen atoms in total. The lowest BCUT2D eigenvalue weighted by Gasteiger charge is -2.21. The molecule has 1 fully saturated rings. The van der Waals surface area contributed by atoms with Crippen molar-refractivity contribution in [3.05, 3.63) is 59.8 Å². The molecular formula is C25H29N3O3. The number of hydrogen-bond donors (Lipinski definition) is 1. The van der Waals surface area contributed by atoms with Crippen molar-refractivity contribution < 1.29 is 14.3 Å². The molecule has 1 aliphatic rings. The number of methoxy groups -OCH3 is 1. The molecule has 3 aromatic rings. The SMILES string of the molecule is CCOC1CCN(c2cc(C)nc3cc(NC(=O)Cc4ccc(OC)cc4)ccc23)C1. The van der Waals surface area contributed by atoms with E-state index in [1.807, 2.05) is 56.3 Å². The fourth-order valence-electron chi connectivity index (χ4n) is 4.13. The number of anilines is 2. The maximum absolute atomic E-state index is 12.5. The van der Waals surface area contributed by atoms with Crippen molar-refractivity contribution in [2.45, 2.75) is 32.8 Å². The van der Waals surface area contributed by atoms with E-state index in [0.717, 1.165) is 59.7 Å². The van der Waals surface area contributed by atoms with Crippen LogP contribution in [0.3, 0.4) is 0 Å². The first kappa shape index (κ1) is 21.1. The Morgan fingerprint density at radius 1 is 1.19 bits per heavy atom. The molecular weight excluding hydrogens is 390 g/mol. The van der Waals surface area contributed by atoms with Gasteiger partial charge in [0.15, 0.2) is 0 Å². The lowest BCUT2D eigenvalue weighted by molar-refractivity contribution is -0.115. The summed E-state index contributed by atoms with van der Waals surface area (Å²) in [6, 6.07) is 15.6. The molecule has 0 radical (unpaired) electrons. The van der Waals surface area contributed by atoms with E-state index in [0.29, 0.717) is 6.42 Å². The molecule has 2 heterocycles. The molecule has 1 saturated heterocycles. The van der Waals surface area contributed by atoms with E-state index >= 15 is 0 Å². The van der Waals surface area contributed by atoms with Crippen molar-refractivity contribution in [1.82, 2.24) is 4.98 Å². The molecule has 1 aromatic heterocycles. The molecule has 1 N–H and O–H groups in total. The number of carbonyl (C=O) groups excluding carboxylic acids is 1. The highest BCUT2D eigenvalue weighted by Crippen LogP contribution is 2.31. The van der Waals surface area contributed by atoms with Gasteiger partial charge in [-0.25, -0.2) is 0 Å². The third-order valence-electron chi connectivity index (χ3n) is 5.61. The van der Waals surface area contributed by atoms with Gasteiger partial charge in [-0.2, -0.15) is 0 Å². The van der Waals surface area contributed by atoms with Crippen molar-refractivity contribution in [3.8, 4) is 5.75 Å². The summed E-state index contributed by atoms with van der Waals surface area (Å²) in [6.07, 6.45) is 1.63. The van der Waals surface area contributed by atoms with Crippen LogP contribution in [0.1, 0.15) is 24.6 Å². The predicted molar refractivity (Wildman–Crippen MR) is 124 cm³/mol. The monoisotopic (exact) mass is 419 g/mol. The highest BCUT2D eigenvalue weighted by Gasteiger charge is 2.24. The van der Waals surface area contributed by atoms with E-state index in [1.54, 1.807) is 7.11 Å². The largest absolute Gasteiger partial charge is 0.497 e. The topological polar surface area (TPSA) is 63.7 Å². The van der Waals surface area contributed by atoms with Gasteiger partial charge in [-0.05, 0) is 62.2 Å². The zero-order valence-electron chi connectivity index (χ0n) is 18.4. The van der Waals surface area contributed by atoms with Crippen LogP contribution in [0, 0.1) is 6.92 Å². The summed E-state index contributed by atoms with van der Waals surface area (Å²) in [5, 5.41) is 4.09. The van der Waals surface area contributed by atoms with Gasteiger partial charge in [0.25, 0.3) is 0 Å². The van der Waals surface area contributed by atoms with E-state index in [1.165, 1.54) is 5.69 Å². The number of benzene rings is 2. The summed E-state index contributed by atoms with van der Waals surface area (Å²) in [5.74, 6) is 0.720. The first-order valence-electron chi connectivity index (χ1n) is 10.8. The fraction of sp³-hybridized carbons (Fsp3) is 0.360. The number of amides is 1. The molecule has 0 bridgehead atoms. The molecule has 4 rings (SSSR count). The number of hydrogen-bond acceptors (Lipinski definition) is 5. The molecule has 1 amide bonds. The highest BCUT2D eigenvalue weighted by atomic mass is 16.5. The molecule has 2 aromatic carbocycles. The number of rotatable bonds is 7. The summed E-state index contributed by atoms with van der Waals surface area (Å²) < 4.78 is 11.0. The van der Waals surface area contributed by atoms with E-state index < -0.39 is 0 Å². The molecule has 162 valence electrons. The average Bonchev–Trinajstić information content (AvgIpc) is 3.22. The van der Waals surface area contributed by atoms with Gasteiger partial charge in [0.1, 0.15) is 5.75 Å². The number of fused-ring (bicyclic) bond motifs is 1. The molecule has 6 heteroatoms. The summed E-state index contributed by atoms with van der Waals surface area (Å²) >= 11 is 0. The van der Waals surface area contributed by atoms with E-state index in [4.69, 9.17) is 14.5 Å². The minimum absolute atomic E-state index is 0.0588. The third-order valence-corrected chi connectivity index (χ3v) is 5.61. The number of aromatic nitrogens is 1. The second-order valence-corrected chi connectivity index (χ2v) is 7.90. The summed E-state index contributed by atoms with van der Waals surface area (Å²) in [4.78, 5) is 19.6. The van der Waals surface area contributed by atoms with Gasteiger partial charge in [-0.15, -0.1) is 0 Å². The third kappa shape index (κ3) is 4.97. The maximum Gasteiger partial charge on any atom is 0.228 e. The number of nitrogens with one attached hydrogen (secondary N) is 1. The van der Waals surface area contributed by atoms with Crippen LogP contribution in [0.5, 0.6) is 5.75 Å². The normalized spacial score (nSPS) is 16.0. The smallest absolute Gasteiger partial charge is 0.228 e. The van der Waals surface area contributed by atoms with Crippen LogP contribution in [-0.4, -0.2) is 43.8 Å². The van der Waals surface area contributed by atoms with Crippen LogP contribution in [-0.2, 0) is 16.0 Å². The molecule has 1 atom stereocenters. The molecule has 1 aliphatic heterocycles. The maximum atomic E-state index is 12.5. The van der Waals surface area contributed by atoms with Crippen LogP contribution in [0.25, 0.3) is 10.9 Å². The van der Waals surface area contributed by atoms with E-state index in [9.17, 15) is 4.79 Å². The average molecular weight is 420 g/mol. The molecule has 0 spiro atoms. The Bertz CT molecular complexity index is 1070. The summed E-state index contributed by atoms with van der Waals surface area (Å²) in [5.41, 5.74) is 4.72. The summed E-state index contributed by atoms with van der Waals surface area (Å²) in [7, 11) is 1.63.